The molecule has 1 aromatic rings. The van der Waals surface area contributed by atoms with Crippen LogP contribution in [0.15, 0.2) is 6.20 Å². The number of likely N-dealkylation sites (tertiary alicyclic amines) is 1. The van der Waals surface area contributed by atoms with Gasteiger partial charge in [-0.05, 0) is 32.6 Å². The SMILES string of the molecule is CCN(CC)C(=O)c1cn(CC2CCCN(C(=O)C(C)(C)C)C2)nn1. The molecule has 1 aliphatic heterocycles. The smallest absolute Gasteiger partial charge is 0.276 e. The van der Waals surface area contributed by atoms with E-state index in [0.717, 1.165) is 25.9 Å². The number of aromatic nitrogens is 3. The fraction of sp³-hybridized carbons (Fsp3) is 0.778. The molecule has 1 unspecified atom stereocenters. The van der Waals surface area contributed by atoms with Crippen LogP contribution in [0.4, 0.5) is 0 Å². The topological polar surface area (TPSA) is 71.3 Å². The number of carbonyl (C=O) groups is 2. The molecule has 7 nitrogen and oxygen atoms in total. The van der Waals surface area contributed by atoms with Crippen molar-refractivity contribution in [3.63, 3.8) is 0 Å². The van der Waals surface area contributed by atoms with Gasteiger partial charge in [0.05, 0.1) is 6.20 Å². The van der Waals surface area contributed by atoms with Gasteiger partial charge in [0.25, 0.3) is 5.91 Å². The lowest BCUT2D eigenvalue weighted by Gasteiger charge is -2.36. The van der Waals surface area contributed by atoms with Crippen LogP contribution in [0.25, 0.3) is 0 Å². The molecular weight excluding hydrogens is 318 g/mol. The molecule has 0 aromatic carbocycles. The van der Waals surface area contributed by atoms with E-state index in [1.807, 2.05) is 39.5 Å². The minimum Gasteiger partial charge on any atom is -0.342 e. The molecule has 0 bridgehead atoms. The van der Waals surface area contributed by atoms with Gasteiger partial charge in [0, 0.05) is 38.1 Å². The highest BCUT2D eigenvalue weighted by atomic mass is 16.2. The Morgan fingerprint density at radius 3 is 2.56 bits per heavy atom. The molecule has 140 valence electrons. The van der Waals surface area contributed by atoms with Gasteiger partial charge < -0.3 is 9.80 Å². The first kappa shape index (κ1) is 19.4. The number of nitrogens with zero attached hydrogens (tertiary/aromatic N) is 5. The molecule has 2 heterocycles. The molecule has 25 heavy (non-hydrogen) atoms. The molecule has 0 saturated carbocycles. The van der Waals surface area contributed by atoms with E-state index >= 15 is 0 Å². The lowest BCUT2D eigenvalue weighted by molar-refractivity contribution is -0.141. The van der Waals surface area contributed by atoms with Crippen molar-refractivity contribution in [1.82, 2.24) is 24.8 Å². The van der Waals surface area contributed by atoms with Crippen LogP contribution in [0.5, 0.6) is 0 Å². The molecule has 0 spiro atoms. The summed E-state index contributed by atoms with van der Waals surface area (Å²) < 4.78 is 1.74. The summed E-state index contributed by atoms with van der Waals surface area (Å²) in [5.74, 6) is 0.468. The molecule has 7 heteroatoms. The lowest BCUT2D eigenvalue weighted by Crippen LogP contribution is -2.46. The highest BCUT2D eigenvalue weighted by Crippen LogP contribution is 2.24. The molecule has 2 amide bonds. The molecular formula is C18H31N5O2. The molecule has 0 aliphatic carbocycles. The summed E-state index contributed by atoms with van der Waals surface area (Å²) in [5.41, 5.74) is 0.0422. The van der Waals surface area contributed by atoms with Crippen molar-refractivity contribution in [2.45, 2.75) is 54.0 Å². The van der Waals surface area contributed by atoms with E-state index < -0.39 is 0 Å². The average Bonchev–Trinajstić information content (AvgIpc) is 3.03. The standard InChI is InChI=1S/C18H31N5O2/c1-6-21(7-2)16(24)15-13-23(20-19-15)12-14-9-8-10-22(11-14)17(25)18(3,4)5/h13-14H,6-12H2,1-5H3. The fourth-order valence-electron chi connectivity index (χ4n) is 3.30. The van der Waals surface area contributed by atoms with Crippen molar-refractivity contribution in [3.05, 3.63) is 11.9 Å². The van der Waals surface area contributed by atoms with Crippen molar-refractivity contribution in [2.24, 2.45) is 11.3 Å². The Labute approximate surface area is 150 Å². The van der Waals surface area contributed by atoms with Crippen LogP contribution in [0, 0.1) is 11.3 Å². The van der Waals surface area contributed by atoms with Gasteiger partial charge in [-0.1, -0.05) is 26.0 Å². The second-order valence-corrected chi connectivity index (χ2v) is 7.81. The minimum absolute atomic E-state index is 0.0792. The van der Waals surface area contributed by atoms with Gasteiger partial charge >= 0.3 is 0 Å². The molecule has 0 N–H and O–H groups in total. The average molecular weight is 349 g/mol. The van der Waals surface area contributed by atoms with Crippen LogP contribution >= 0.6 is 0 Å². The Hall–Kier alpha value is -1.92. The monoisotopic (exact) mass is 349 g/mol. The first-order chi connectivity index (χ1) is 11.8. The number of rotatable bonds is 5. The number of carbonyl (C=O) groups excluding carboxylic acids is 2. The number of amides is 2. The van der Waals surface area contributed by atoms with E-state index in [2.05, 4.69) is 10.3 Å². The number of hydrogen-bond donors (Lipinski definition) is 0. The molecule has 1 atom stereocenters. The first-order valence-corrected chi connectivity index (χ1v) is 9.25. The van der Waals surface area contributed by atoms with Crippen LogP contribution < -0.4 is 0 Å². The van der Waals surface area contributed by atoms with E-state index in [1.54, 1.807) is 15.8 Å². The van der Waals surface area contributed by atoms with Crippen molar-refractivity contribution < 1.29 is 9.59 Å². The van der Waals surface area contributed by atoms with E-state index in [4.69, 9.17) is 0 Å². The quantitative estimate of drug-likeness (QED) is 0.815. The first-order valence-electron chi connectivity index (χ1n) is 9.25. The van der Waals surface area contributed by atoms with Crippen LogP contribution in [-0.4, -0.2) is 62.8 Å². The minimum atomic E-state index is -0.349. The molecule has 1 aromatic heterocycles. The van der Waals surface area contributed by atoms with Crippen molar-refractivity contribution in [2.75, 3.05) is 26.2 Å². The summed E-state index contributed by atoms with van der Waals surface area (Å²) >= 11 is 0. The lowest BCUT2D eigenvalue weighted by atomic mass is 9.91. The van der Waals surface area contributed by atoms with Crippen molar-refractivity contribution in [3.8, 4) is 0 Å². The van der Waals surface area contributed by atoms with Crippen LogP contribution in [0.3, 0.4) is 0 Å². The Morgan fingerprint density at radius 2 is 1.96 bits per heavy atom. The van der Waals surface area contributed by atoms with Crippen LogP contribution in [0.2, 0.25) is 0 Å². The van der Waals surface area contributed by atoms with E-state index in [0.29, 0.717) is 31.2 Å². The summed E-state index contributed by atoms with van der Waals surface area (Å²) in [7, 11) is 0. The van der Waals surface area contributed by atoms with Crippen LogP contribution in [-0.2, 0) is 11.3 Å². The maximum absolute atomic E-state index is 12.5. The Kier molecular flexibility index (Phi) is 6.19. The van der Waals surface area contributed by atoms with Gasteiger partial charge in [-0.25, -0.2) is 0 Å². The van der Waals surface area contributed by atoms with E-state index in [-0.39, 0.29) is 17.2 Å². The highest BCUT2D eigenvalue weighted by Gasteiger charge is 2.31. The van der Waals surface area contributed by atoms with Gasteiger partial charge in [0.2, 0.25) is 5.91 Å². The molecule has 1 aliphatic rings. The predicted molar refractivity (Wildman–Crippen MR) is 96.0 cm³/mol. The third-order valence-electron chi connectivity index (χ3n) is 4.70. The molecule has 2 rings (SSSR count). The Bertz CT molecular complexity index is 601. The van der Waals surface area contributed by atoms with Gasteiger partial charge in [-0.3, -0.25) is 14.3 Å². The normalized spacial score (nSPS) is 18.3. The van der Waals surface area contributed by atoms with Crippen LogP contribution in [0.1, 0.15) is 57.9 Å². The summed E-state index contributed by atoms with van der Waals surface area (Å²) in [5, 5.41) is 8.15. The Balaban J connectivity index is 1.98. The summed E-state index contributed by atoms with van der Waals surface area (Å²) in [6.07, 6.45) is 3.80. The van der Waals surface area contributed by atoms with Crippen molar-refractivity contribution >= 4 is 11.8 Å². The van der Waals surface area contributed by atoms with Gasteiger partial charge in [-0.2, -0.15) is 0 Å². The predicted octanol–water partition coefficient (Wildman–Crippen LogP) is 2.04. The zero-order chi connectivity index (χ0) is 18.6. The van der Waals surface area contributed by atoms with Gasteiger partial charge in [0.1, 0.15) is 0 Å². The Morgan fingerprint density at radius 1 is 1.28 bits per heavy atom. The van der Waals surface area contributed by atoms with Gasteiger partial charge in [0.15, 0.2) is 5.69 Å². The summed E-state index contributed by atoms with van der Waals surface area (Å²) in [6, 6.07) is 0. The summed E-state index contributed by atoms with van der Waals surface area (Å²) in [4.78, 5) is 28.5. The maximum atomic E-state index is 12.5. The third-order valence-corrected chi connectivity index (χ3v) is 4.70. The van der Waals surface area contributed by atoms with E-state index in [9.17, 15) is 9.59 Å². The highest BCUT2D eigenvalue weighted by molar-refractivity contribution is 5.91. The molecule has 1 saturated heterocycles. The number of piperidine rings is 1. The zero-order valence-corrected chi connectivity index (χ0v) is 16.2. The van der Waals surface area contributed by atoms with Crippen molar-refractivity contribution in [1.29, 1.82) is 0 Å². The fourth-order valence-corrected chi connectivity index (χ4v) is 3.30. The third kappa shape index (κ3) is 4.80. The summed E-state index contributed by atoms with van der Waals surface area (Å²) in [6.45, 7) is 13.4. The van der Waals surface area contributed by atoms with Gasteiger partial charge in [-0.15, -0.1) is 5.10 Å². The largest absolute Gasteiger partial charge is 0.342 e. The maximum Gasteiger partial charge on any atom is 0.276 e. The molecule has 0 radical (unpaired) electrons. The van der Waals surface area contributed by atoms with E-state index in [1.165, 1.54) is 0 Å². The number of hydrogen-bond acceptors (Lipinski definition) is 4. The second-order valence-electron chi connectivity index (χ2n) is 7.81. The second kappa shape index (κ2) is 7.97. The zero-order valence-electron chi connectivity index (χ0n) is 16.2. The molecule has 1 fully saturated rings.